The Labute approximate surface area is 113 Å². The van der Waals surface area contributed by atoms with Crippen LogP contribution in [0.15, 0.2) is 29.2 Å². The summed E-state index contributed by atoms with van der Waals surface area (Å²) in [7, 11) is -3.54. The molecule has 1 aromatic rings. The van der Waals surface area contributed by atoms with Crippen LogP contribution in [0.5, 0.6) is 0 Å². The van der Waals surface area contributed by atoms with Gasteiger partial charge in [-0.2, -0.15) is 0 Å². The Bertz CT molecular complexity index is 622. The third kappa shape index (κ3) is 3.57. The average molecular weight is 279 g/mol. The molecule has 1 fully saturated rings. The lowest BCUT2D eigenvalue weighted by Crippen LogP contribution is -2.34. The van der Waals surface area contributed by atoms with Crippen LogP contribution >= 0.6 is 0 Å². The first-order chi connectivity index (χ1) is 8.97. The molecule has 0 amide bonds. The lowest BCUT2D eigenvalue weighted by molar-refractivity contribution is 0.305. The molecule has 0 aliphatic heterocycles. The molecule has 102 valence electrons. The van der Waals surface area contributed by atoms with Gasteiger partial charge in [-0.1, -0.05) is 24.0 Å². The predicted octanol–water partition coefficient (Wildman–Crippen LogP) is 1.25. The Balaban J connectivity index is 2.31. The van der Waals surface area contributed by atoms with E-state index >= 15 is 0 Å². The van der Waals surface area contributed by atoms with Crippen LogP contribution in [-0.4, -0.2) is 25.7 Å². The Morgan fingerprint density at radius 2 is 2.05 bits per heavy atom. The first-order valence-corrected chi connectivity index (χ1v) is 7.68. The van der Waals surface area contributed by atoms with Crippen molar-refractivity contribution in [1.82, 2.24) is 4.72 Å². The van der Waals surface area contributed by atoms with Gasteiger partial charge in [0.15, 0.2) is 0 Å². The van der Waals surface area contributed by atoms with Gasteiger partial charge in [0, 0.05) is 17.5 Å². The summed E-state index contributed by atoms with van der Waals surface area (Å²) in [4.78, 5) is 0.202. The SMILES string of the molecule is CC1(NS(=O)(=O)c2ccccc2C#CCCO)CC1. The van der Waals surface area contributed by atoms with Gasteiger partial charge in [-0.05, 0) is 31.9 Å². The highest BCUT2D eigenvalue weighted by Gasteiger charge is 2.41. The number of hydrogen-bond donors (Lipinski definition) is 2. The predicted molar refractivity (Wildman–Crippen MR) is 73.0 cm³/mol. The molecule has 0 radical (unpaired) electrons. The molecule has 0 heterocycles. The van der Waals surface area contributed by atoms with Crippen molar-refractivity contribution >= 4 is 10.0 Å². The zero-order valence-corrected chi connectivity index (χ0v) is 11.6. The fraction of sp³-hybridized carbons (Fsp3) is 0.429. The van der Waals surface area contributed by atoms with E-state index in [1.165, 1.54) is 0 Å². The molecular formula is C14H17NO3S. The Morgan fingerprint density at radius 1 is 1.37 bits per heavy atom. The minimum atomic E-state index is -3.54. The monoisotopic (exact) mass is 279 g/mol. The number of aliphatic hydroxyl groups is 1. The van der Waals surface area contributed by atoms with Gasteiger partial charge in [0.25, 0.3) is 0 Å². The molecule has 0 saturated heterocycles. The Morgan fingerprint density at radius 3 is 2.68 bits per heavy atom. The molecule has 1 aliphatic rings. The number of aliphatic hydroxyl groups excluding tert-OH is 1. The van der Waals surface area contributed by atoms with Crippen molar-refractivity contribution in [3.05, 3.63) is 29.8 Å². The first kappa shape index (κ1) is 14.1. The van der Waals surface area contributed by atoms with E-state index in [0.29, 0.717) is 12.0 Å². The van der Waals surface area contributed by atoms with Crippen LogP contribution in [-0.2, 0) is 10.0 Å². The average Bonchev–Trinajstić information content (AvgIpc) is 3.06. The summed E-state index contributed by atoms with van der Waals surface area (Å²) in [6.45, 7) is 1.86. The lowest BCUT2D eigenvalue weighted by Gasteiger charge is -2.13. The van der Waals surface area contributed by atoms with Crippen LogP contribution in [0.1, 0.15) is 31.7 Å². The molecule has 1 saturated carbocycles. The van der Waals surface area contributed by atoms with Crippen molar-refractivity contribution in [2.45, 2.75) is 36.6 Å². The summed E-state index contributed by atoms with van der Waals surface area (Å²) in [5.74, 6) is 5.55. The van der Waals surface area contributed by atoms with Gasteiger partial charge < -0.3 is 5.11 Å². The molecule has 0 spiro atoms. The van der Waals surface area contributed by atoms with Crippen LogP contribution in [0.25, 0.3) is 0 Å². The molecule has 0 unspecified atom stereocenters. The zero-order chi connectivity index (χ0) is 13.9. The van der Waals surface area contributed by atoms with Gasteiger partial charge >= 0.3 is 0 Å². The summed E-state index contributed by atoms with van der Waals surface area (Å²) >= 11 is 0. The molecule has 2 N–H and O–H groups in total. The minimum Gasteiger partial charge on any atom is -0.395 e. The first-order valence-electron chi connectivity index (χ1n) is 6.20. The Kier molecular flexibility index (Phi) is 3.95. The largest absolute Gasteiger partial charge is 0.395 e. The van der Waals surface area contributed by atoms with Crippen LogP contribution in [0, 0.1) is 11.8 Å². The van der Waals surface area contributed by atoms with E-state index in [1.54, 1.807) is 24.3 Å². The van der Waals surface area contributed by atoms with E-state index in [-0.39, 0.29) is 17.0 Å². The minimum absolute atomic E-state index is 0.0295. The molecule has 19 heavy (non-hydrogen) atoms. The normalized spacial score (nSPS) is 16.5. The maximum atomic E-state index is 12.3. The smallest absolute Gasteiger partial charge is 0.242 e. The molecule has 0 atom stereocenters. The van der Waals surface area contributed by atoms with Crippen LogP contribution in [0.3, 0.4) is 0 Å². The van der Waals surface area contributed by atoms with Gasteiger partial charge in [-0.15, -0.1) is 0 Å². The standard InChI is InChI=1S/C14H17NO3S/c1-14(9-10-14)15-19(17,18)13-8-3-2-6-12(13)7-4-5-11-16/h2-3,6,8,15-16H,5,9-11H2,1H3. The number of hydrogen-bond acceptors (Lipinski definition) is 3. The summed E-state index contributed by atoms with van der Waals surface area (Å²) in [6.07, 6.45) is 2.06. The van der Waals surface area contributed by atoms with Crippen molar-refractivity contribution in [2.75, 3.05) is 6.61 Å². The lowest BCUT2D eigenvalue weighted by atomic mass is 10.2. The fourth-order valence-corrected chi connectivity index (χ4v) is 3.32. The second-order valence-corrected chi connectivity index (χ2v) is 6.59. The fourth-order valence-electron chi connectivity index (χ4n) is 1.69. The van der Waals surface area contributed by atoms with Crippen molar-refractivity contribution in [1.29, 1.82) is 0 Å². The quantitative estimate of drug-likeness (QED) is 0.815. The maximum Gasteiger partial charge on any atom is 0.242 e. The highest BCUT2D eigenvalue weighted by atomic mass is 32.2. The Hall–Kier alpha value is -1.35. The van der Waals surface area contributed by atoms with E-state index < -0.39 is 10.0 Å². The van der Waals surface area contributed by atoms with Crippen LogP contribution in [0.4, 0.5) is 0 Å². The molecule has 1 aromatic carbocycles. The van der Waals surface area contributed by atoms with Gasteiger partial charge in [0.05, 0.1) is 11.5 Å². The van der Waals surface area contributed by atoms with Crippen LogP contribution < -0.4 is 4.72 Å². The number of benzene rings is 1. The van der Waals surface area contributed by atoms with Gasteiger partial charge in [-0.3, -0.25) is 0 Å². The van der Waals surface area contributed by atoms with E-state index in [9.17, 15) is 8.42 Å². The molecule has 2 rings (SSSR count). The summed E-state index contributed by atoms with van der Waals surface area (Å²) in [6, 6.07) is 6.66. The summed E-state index contributed by atoms with van der Waals surface area (Å²) in [5.41, 5.74) is 0.164. The number of rotatable bonds is 4. The third-order valence-corrected chi connectivity index (χ3v) is 4.71. The summed E-state index contributed by atoms with van der Waals surface area (Å²) in [5, 5.41) is 8.70. The van der Waals surface area contributed by atoms with Crippen LogP contribution in [0.2, 0.25) is 0 Å². The topological polar surface area (TPSA) is 66.4 Å². The number of sulfonamides is 1. The van der Waals surface area contributed by atoms with Crippen molar-refractivity contribution < 1.29 is 13.5 Å². The van der Waals surface area contributed by atoms with E-state index in [1.807, 2.05) is 6.92 Å². The molecule has 0 bridgehead atoms. The molecule has 1 aliphatic carbocycles. The highest BCUT2D eigenvalue weighted by Crippen LogP contribution is 2.36. The van der Waals surface area contributed by atoms with Gasteiger partial charge in [0.2, 0.25) is 10.0 Å². The molecular weight excluding hydrogens is 262 g/mol. The van der Waals surface area contributed by atoms with Gasteiger partial charge in [-0.25, -0.2) is 13.1 Å². The van der Waals surface area contributed by atoms with Crippen molar-refractivity contribution in [3.8, 4) is 11.8 Å². The highest BCUT2D eigenvalue weighted by molar-refractivity contribution is 7.89. The van der Waals surface area contributed by atoms with Gasteiger partial charge in [0.1, 0.15) is 0 Å². The van der Waals surface area contributed by atoms with Crippen molar-refractivity contribution in [2.24, 2.45) is 0 Å². The molecule has 5 heteroatoms. The third-order valence-electron chi connectivity index (χ3n) is 3.02. The second kappa shape index (κ2) is 5.33. The second-order valence-electron chi connectivity index (χ2n) is 4.94. The number of nitrogens with one attached hydrogen (secondary N) is 1. The van der Waals surface area contributed by atoms with E-state index in [0.717, 1.165) is 12.8 Å². The summed E-state index contributed by atoms with van der Waals surface area (Å²) < 4.78 is 27.3. The zero-order valence-electron chi connectivity index (χ0n) is 10.8. The maximum absolute atomic E-state index is 12.3. The molecule has 4 nitrogen and oxygen atoms in total. The van der Waals surface area contributed by atoms with E-state index in [4.69, 9.17) is 5.11 Å². The molecule has 0 aromatic heterocycles. The van der Waals surface area contributed by atoms with Crippen molar-refractivity contribution in [3.63, 3.8) is 0 Å². The van der Waals surface area contributed by atoms with E-state index in [2.05, 4.69) is 16.6 Å².